The molecule has 0 aliphatic carbocycles. The standard InChI is InChI=1S/C14H14Cl2N2O2/c1-8(2)3-12-13(7-19)17-18-14(12)20-11-5-9(15)4-10(16)6-11/h3-6,19H,7H2,1-2H3,(H,17,18). The average molecular weight is 313 g/mol. The molecule has 20 heavy (non-hydrogen) atoms. The van der Waals surface area contributed by atoms with Gasteiger partial charge in [0.05, 0.1) is 17.9 Å². The predicted octanol–water partition coefficient (Wildman–Crippen LogP) is 4.42. The Morgan fingerprint density at radius 1 is 1.30 bits per heavy atom. The predicted molar refractivity (Wildman–Crippen MR) is 80.4 cm³/mol. The molecule has 0 aliphatic rings. The molecule has 1 heterocycles. The summed E-state index contributed by atoms with van der Waals surface area (Å²) in [5.41, 5.74) is 2.37. The Hall–Kier alpha value is -1.49. The molecule has 2 aromatic rings. The topological polar surface area (TPSA) is 58.1 Å². The van der Waals surface area contributed by atoms with Gasteiger partial charge >= 0.3 is 0 Å². The summed E-state index contributed by atoms with van der Waals surface area (Å²) < 4.78 is 5.69. The molecule has 2 N–H and O–H groups in total. The maximum Gasteiger partial charge on any atom is 0.245 e. The lowest BCUT2D eigenvalue weighted by atomic mass is 10.2. The zero-order valence-electron chi connectivity index (χ0n) is 11.1. The molecule has 6 heteroatoms. The summed E-state index contributed by atoms with van der Waals surface area (Å²) in [7, 11) is 0. The number of allylic oxidation sites excluding steroid dienone is 1. The van der Waals surface area contributed by atoms with Gasteiger partial charge in [-0.15, -0.1) is 5.10 Å². The fourth-order valence-electron chi connectivity index (χ4n) is 1.70. The molecule has 1 aromatic carbocycles. The Bertz CT molecular complexity index is 626. The summed E-state index contributed by atoms with van der Waals surface area (Å²) in [4.78, 5) is 0. The van der Waals surface area contributed by atoms with Crippen molar-refractivity contribution in [3.8, 4) is 11.6 Å². The van der Waals surface area contributed by atoms with E-state index in [0.29, 0.717) is 32.9 Å². The van der Waals surface area contributed by atoms with E-state index in [1.165, 1.54) is 0 Å². The lowest BCUT2D eigenvalue weighted by Gasteiger charge is -2.05. The second kappa shape index (κ2) is 6.31. The molecule has 0 atom stereocenters. The van der Waals surface area contributed by atoms with E-state index in [4.69, 9.17) is 27.9 Å². The monoisotopic (exact) mass is 312 g/mol. The van der Waals surface area contributed by atoms with Crippen molar-refractivity contribution in [1.82, 2.24) is 10.2 Å². The summed E-state index contributed by atoms with van der Waals surface area (Å²) in [5, 5.41) is 17.1. The van der Waals surface area contributed by atoms with Crippen molar-refractivity contribution in [3.05, 3.63) is 45.1 Å². The second-order valence-electron chi connectivity index (χ2n) is 4.51. The van der Waals surface area contributed by atoms with Gasteiger partial charge in [-0.2, -0.15) is 0 Å². The lowest BCUT2D eigenvalue weighted by molar-refractivity contribution is 0.276. The first-order valence-electron chi connectivity index (χ1n) is 5.96. The van der Waals surface area contributed by atoms with Crippen molar-refractivity contribution in [2.75, 3.05) is 0 Å². The zero-order chi connectivity index (χ0) is 14.7. The van der Waals surface area contributed by atoms with Crippen molar-refractivity contribution < 1.29 is 9.84 Å². The van der Waals surface area contributed by atoms with E-state index in [0.717, 1.165) is 5.57 Å². The molecule has 0 saturated carbocycles. The van der Waals surface area contributed by atoms with E-state index in [2.05, 4.69) is 10.2 Å². The van der Waals surface area contributed by atoms with Gasteiger partial charge in [-0.05, 0) is 38.1 Å². The number of rotatable bonds is 4. The van der Waals surface area contributed by atoms with Gasteiger partial charge in [0.25, 0.3) is 0 Å². The maximum absolute atomic E-state index is 9.30. The molecule has 0 fully saturated rings. The second-order valence-corrected chi connectivity index (χ2v) is 5.38. The van der Waals surface area contributed by atoms with Crippen molar-refractivity contribution in [3.63, 3.8) is 0 Å². The van der Waals surface area contributed by atoms with Crippen LogP contribution < -0.4 is 4.74 Å². The zero-order valence-corrected chi connectivity index (χ0v) is 12.6. The minimum absolute atomic E-state index is 0.147. The number of ether oxygens (including phenoxy) is 1. The molecule has 2 rings (SSSR count). The number of nitrogens with one attached hydrogen (secondary N) is 1. The smallest absolute Gasteiger partial charge is 0.245 e. The number of halogens is 2. The lowest BCUT2D eigenvalue weighted by Crippen LogP contribution is -1.89. The van der Waals surface area contributed by atoms with Crippen LogP contribution in [0.5, 0.6) is 11.6 Å². The third-order valence-corrected chi connectivity index (χ3v) is 2.93. The summed E-state index contributed by atoms with van der Waals surface area (Å²) in [6.45, 7) is 3.76. The highest BCUT2D eigenvalue weighted by atomic mass is 35.5. The van der Waals surface area contributed by atoms with Crippen molar-refractivity contribution in [2.45, 2.75) is 20.5 Å². The van der Waals surface area contributed by atoms with Crippen molar-refractivity contribution in [1.29, 1.82) is 0 Å². The van der Waals surface area contributed by atoms with Gasteiger partial charge in [0.1, 0.15) is 5.75 Å². The molecular weight excluding hydrogens is 299 g/mol. The normalized spacial score (nSPS) is 10.4. The maximum atomic E-state index is 9.30. The Morgan fingerprint density at radius 2 is 1.95 bits per heavy atom. The molecule has 0 radical (unpaired) electrons. The number of hydrogen-bond acceptors (Lipinski definition) is 3. The molecule has 0 bridgehead atoms. The molecule has 4 nitrogen and oxygen atoms in total. The van der Waals surface area contributed by atoms with Crippen molar-refractivity contribution in [2.24, 2.45) is 0 Å². The Morgan fingerprint density at radius 3 is 2.50 bits per heavy atom. The minimum atomic E-state index is -0.147. The third-order valence-electron chi connectivity index (χ3n) is 2.49. The number of nitrogens with zero attached hydrogens (tertiary/aromatic N) is 1. The van der Waals surface area contributed by atoms with Crippen LogP contribution in [0, 0.1) is 0 Å². The number of aromatic amines is 1. The largest absolute Gasteiger partial charge is 0.437 e. The number of aromatic nitrogens is 2. The highest BCUT2D eigenvalue weighted by Crippen LogP contribution is 2.31. The summed E-state index contributed by atoms with van der Waals surface area (Å²) >= 11 is 11.9. The first kappa shape index (κ1) is 14.9. The fourth-order valence-corrected chi connectivity index (χ4v) is 2.21. The first-order chi connectivity index (χ1) is 9.49. The number of aliphatic hydroxyl groups excluding tert-OH is 1. The minimum Gasteiger partial charge on any atom is -0.437 e. The first-order valence-corrected chi connectivity index (χ1v) is 6.72. The molecule has 1 aromatic heterocycles. The number of benzene rings is 1. The van der Waals surface area contributed by atoms with E-state index in [-0.39, 0.29) is 6.61 Å². The number of hydrogen-bond donors (Lipinski definition) is 2. The summed E-state index contributed by atoms with van der Waals surface area (Å²) in [6, 6.07) is 4.91. The fraction of sp³-hybridized carbons (Fsp3) is 0.214. The molecule has 0 aliphatic heterocycles. The van der Waals surface area contributed by atoms with Gasteiger partial charge in [0, 0.05) is 10.0 Å². The Labute approximate surface area is 127 Å². The van der Waals surface area contributed by atoms with E-state index in [9.17, 15) is 5.11 Å². The van der Waals surface area contributed by atoms with Crippen LogP contribution in [-0.4, -0.2) is 15.3 Å². The Balaban J connectivity index is 2.38. The van der Waals surface area contributed by atoms with Crippen molar-refractivity contribution >= 4 is 29.3 Å². The van der Waals surface area contributed by atoms with Crippen LogP contribution in [0.15, 0.2) is 23.8 Å². The molecule has 0 unspecified atom stereocenters. The summed E-state index contributed by atoms with van der Waals surface area (Å²) in [6.07, 6.45) is 1.89. The molecule has 0 spiro atoms. The van der Waals surface area contributed by atoms with Crippen LogP contribution in [-0.2, 0) is 6.61 Å². The van der Waals surface area contributed by atoms with Crippen LogP contribution in [0.25, 0.3) is 6.08 Å². The van der Waals surface area contributed by atoms with Gasteiger partial charge in [0.15, 0.2) is 0 Å². The van der Waals surface area contributed by atoms with Gasteiger partial charge in [-0.25, -0.2) is 0 Å². The van der Waals surface area contributed by atoms with Crippen LogP contribution in [0.2, 0.25) is 10.0 Å². The number of aliphatic hydroxyl groups is 1. The highest BCUT2D eigenvalue weighted by molar-refractivity contribution is 6.34. The molecule has 0 saturated heterocycles. The highest BCUT2D eigenvalue weighted by Gasteiger charge is 2.13. The van der Waals surface area contributed by atoms with Gasteiger partial charge in [-0.1, -0.05) is 28.8 Å². The van der Waals surface area contributed by atoms with Gasteiger partial charge in [0.2, 0.25) is 5.88 Å². The van der Waals surface area contributed by atoms with E-state index < -0.39 is 0 Å². The third kappa shape index (κ3) is 3.54. The Kier molecular flexibility index (Phi) is 4.70. The number of H-pyrrole nitrogens is 1. The average Bonchev–Trinajstić information content (AvgIpc) is 2.69. The quantitative estimate of drug-likeness (QED) is 0.878. The van der Waals surface area contributed by atoms with Crippen LogP contribution in [0.3, 0.4) is 0 Å². The van der Waals surface area contributed by atoms with E-state index in [1.54, 1.807) is 18.2 Å². The van der Waals surface area contributed by atoms with E-state index >= 15 is 0 Å². The molecule has 106 valence electrons. The molecular formula is C14H14Cl2N2O2. The SMILES string of the molecule is CC(C)=Cc1c(Oc2cc(Cl)cc(Cl)c2)n[nH]c1CO. The van der Waals surface area contributed by atoms with Gasteiger partial charge in [-0.3, -0.25) is 5.10 Å². The van der Waals surface area contributed by atoms with E-state index in [1.807, 2.05) is 19.9 Å². The van der Waals surface area contributed by atoms with Gasteiger partial charge < -0.3 is 9.84 Å². The van der Waals surface area contributed by atoms with Crippen LogP contribution >= 0.6 is 23.2 Å². The van der Waals surface area contributed by atoms with Crippen LogP contribution in [0.1, 0.15) is 25.1 Å². The summed E-state index contributed by atoms with van der Waals surface area (Å²) in [5.74, 6) is 0.857. The molecule has 0 amide bonds. The van der Waals surface area contributed by atoms with Crippen LogP contribution in [0.4, 0.5) is 0 Å².